The first-order valence-electron chi connectivity index (χ1n) is 10.8. The lowest BCUT2D eigenvalue weighted by Gasteiger charge is -2.10. The van der Waals surface area contributed by atoms with Gasteiger partial charge in [-0.15, -0.1) is 0 Å². The monoisotopic (exact) mass is 708 g/mol. The predicted molar refractivity (Wildman–Crippen MR) is 164 cm³/mol. The van der Waals surface area contributed by atoms with Crippen LogP contribution in [-0.4, -0.2) is 26.9 Å². The summed E-state index contributed by atoms with van der Waals surface area (Å²) in [6.45, 7) is 0. The molecule has 194 valence electrons. The number of halogens is 2. The lowest BCUT2D eigenvalue weighted by Crippen LogP contribution is -2.05. The van der Waals surface area contributed by atoms with E-state index in [1.807, 2.05) is 12.1 Å². The van der Waals surface area contributed by atoms with Crippen molar-refractivity contribution in [2.75, 3.05) is 0 Å². The van der Waals surface area contributed by atoms with Gasteiger partial charge in [0, 0.05) is 20.1 Å². The maximum atomic E-state index is 13.1. The van der Waals surface area contributed by atoms with E-state index < -0.39 is 20.0 Å². The summed E-state index contributed by atoms with van der Waals surface area (Å²) in [4.78, 5) is 0.0731. The van der Waals surface area contributed by atoms with E-state index in [9.17, 15) is 16.8 Å². The zero-order valence-electron chi connectivity index (χ0n) is 19.3. The number of hydrogen-bond donors (Lipinski definition) is 0. The van der Waals surface area contributed by atoms with E-state index in [4.69, 9.17) is 0 Å². The Hall–Kier alpha value is -2.22. The maximum absolute atomic E-state index is 13.1. The van der Waals surface area contributed by atoms with Gasteiger partial charge in [-0.25, -0.2) is 0 Å². The van der Waals surface area contributed by atoms with Gasteiger partial charge in [0.15, 0.2) is 0 Å². The molecule has 0 aliphatic heterocycles. The van der Waals surface area contributed by atoms with Gasteiger partial charge in [0.2, 0.25) is 0 Å². The molecule has 0 unspecified atom stereocenters. The summed E-state index contributed by atoms with van der Waals surface area (Å²) in [5, 5.41) is 0.367. The van der Waals surface area contributed by atoms with E-state index in [0.717, 1.165) is 30.5 Å². The summed E-state index contributed by atoms with van der Waals surface area (Å²) in [5.74, 6) is 0. The van der Waals surface area contributed by atoms with Crippen LogP contribution >= 0.6 is 53.4 Å². The molecule has 38 heavy (non-hydrogen) atoms. The summed E-state index contributed by atoms with van der Waals surface area (Å²) in [5.41, 5.74) is 1.13. The predicted octanol–water partition coefficient (Wildman–Crippen LogP) is 7.56. The molecule has 4 aromatic rings. The second-order valence-corrected chi connectivity index (χ2v) is 14.7. The van der Waals surface area contributed by atoms with Crippen LogP contribution in [0.2, 0.25) is 0 Å². The summed E-state index contributed by atoms with van der Waals surface area (Å²) in [6.07, 6.45) is 0. The van der Waals surface area contributed by atoms with Gasteiger partial charge >= 0.3 is 0 Å². The molecule has 4 rings (SSSR count). The van der Waals surface area contributed by atoms with Crippen molar-refractivity contribution in [3.63, 3.8) is 0 Å². The Bertz CT molecular complexity index is 1550. The Kier molecular flexibility index (Phi) is 9.66. The third-order valence-electron chi connectivity index (χ3n) is 4.87. The minimum atomic E-state index is -4.05. The molecule has 0 saturated carbocycles. The number of rotatable bonds is 6. The second-order valence-electron chi connectivity index (χ2n) is 7.55. The Morgan fingerprint density at radius 1 is 0.500 bits per heavy atom. The molecule has 0 aliphatic carbocycles. The molecule has 0 bridgehead atoms. The zero-order chi connectivity index (χ0) is 27.2. The molecule has 4 aromatic carbocycles. The van der Waals surface area contributed by atoms with Crippen LogP contribution in [0.3, 0.4) is 0 Å². The molecule has 0 amide bonds. The fraction of sp³-hybridized carbons (Fsp3) is 0. The van der Waals surface area contributed by atoms with Gasteiger partial charge in [0.25, 0.3) is 20.0 Å². The normalized spacial score (nSPS) is 12.9. The van der Waals surface area contributed by atoms with Gasteiger partial charge in [-0.1, -0.05) is 92.5 Å². The van der Waals surface area contributed by atoms with Crippen LogP contribution < -0.4 is 0 Å². The first-order chi connectivity index (χ1) is 18.1. The third kappa shape index (κ3) is 7.67. The highest BCUT2D eigenvalue weighted by molar-refractivity contribution is 9.10. The molecule has 0 aliphatic rings. The van der Waals surface area contributed by atoms with Crippen molar-refractivity contribution in [1.82, 2.24) is 0 Å². The number of benzene rings is 4. The quantitative estimate of drug-likeness (QED) is 0.117. The maximum Gasteiger partial charge on any atom is 0.283 e. The molecule has 0 aromatic heterocycles. The van der Waals surface area contributed by atoms with Crippen molar-refractivity contribution in [1.29, 1.82) is 0 Å². The van der Waals surface area contributed by atoms with Gasteiger partial charge in [-0.2, -0.15) is 25.6 Å². The van der Waals surface area contributed by atoms with E-state index in [1.54, 1.807) is 72.8 Å². The van der Waals surface area contributed by atoms with Crippen LogP contribution in [0.25, 0.3) is 0 Å². The van der Waals surface area contributed by atoms with Gasteiger partial charge in [-0.05, 0) is 70.1 Å². The van der Waals surface area contributed by atoms with Crippen LogP contribution in [-0.2, 0) is 20.0 Å². The summed E-state index contributed by atoms with van der Waals surface area (Å²) >= 11 is 6.61. The van der Waals surface area contributed by atoms with Gasteiger partial charge in [0.1, 0.15) is 10.1 Å². The molecule has 6 nitrogen and oxygen atoms in total. The fourth-order valence-corrected chi connectivity index (χ4v) is 8.41. The van der Waals surface area contributed by atoms with Crippen LogP contribution in [0.15, 0.2) is 137 Å². The highest BCUT2D eigenvalue weighted by Gasteiger charge is 2.20. The molecular formula is C26H18Br2N2O4S4. The summed E-state index contributed by atoms with van der Waals surface area (Å²) in [7, 11) is -6.07. The molecule has 0 heterocycles. The van der Waals surface area contributed by atoms with Crippen molar-refractivity contribution < 1.29 is 16.8 Å². The average molecular weight is 711 g/mol. The van der Waals surface area contributed by atoms with Gasteiger partial charge in [-0.3, -0.25) is 0 Å². The fourth-order valence-electron chi connectivity index (χ4n) is 3.01. The summed E-state index contributed by atoms with van der Waals surface area (Å²) < 4.78 is 62.2. The van der Waals surface area contributed by atoms with E-state index in [2.05, 4.69) is 40.7 Å². The van der Waals surface area contributed by atoms with Crippen LogP contribution in [0, 0.1) is 0 Å². The molecule has 0 fully saturated rings. The SMILES string of the molecule is O=S(=O)(/N=C(/SS/C(=N/S(=O)(=O)c1ccc(Br)cc1)c1ccccc1)c1ccccc1)c1ccc(Br)cc1. The van der Waals surface area contributed by atoms with E-state index in [-0.39, 0.29) is 19.9 Å². The standard InChI is InChI=1S/C26H18Br2N2O4S4/c27-21-11-15-23(16-12-21)37(31,32)29-25(19-7-3-1-4-8-19)35-36-26(20-9-5-2-6-10-20)30-38(33,34)24-17-13-22(28)14-18-24/h1-18H/b29-25+,30-26+. The average Bonchev–Trinajstić information content (AvgIpc) is 2.91. The number of nitrogens with zero attached hydrogens (tertiary/aromatic N) is 2. The van der Waals surface area contributed by atoms with Crippen molar-refractivity contribution >= 4 is 83.6 Å². The van der Waals surface area contributed by atoms with Crippen molar-refractivity contribution in [2.45, 2.75) is 9.79 Å². The highest BCUT2D eigenvalue weighted by atomic mass is 79.9. The number of sulfonamides is 2. The molecular weight excluding hydrogens is 692 g/mol. The van der Waals surface area contributed by atoms with Crippen molar-refractivity contribution in [2.24, 2.45) is 8.80 Å². The zero-order valence-corrected chi connectivity index (χ0v) is 25.7. The van der Waals surface area contributed by atoms with Gasteiger partial charge < -0.3 is 0 Å². The molecule has 0 radical (unpaired) electrons. The lowest BCUT2D eigenvalue weighted by atomic mass is 10.2. The van der Waals surface area contributed by atoms with E-state index >= 15 is 0 Å². The summed E-state index contributed by atoms with van der Waals surface area (Å²) in [6, 6.07) is 30.0. The Labute approximate surface area is 246 Å². The van der Waals surface area contributed by atoms with Crippen LogP contribution in [0.5, 0.6) is 0 Å². The molecule has 0 spiro atoms. The Morgan fingerprint density at radius 3 is 1.13 bits per heavy atom. The molecule has 12 heteroatoms. The molecule has 0 saturated heterocycles. The molecule has 0 N–H and O–H groups in total. The van der Waals surface area contributed by atoms with Crippen molar-refractivity contribution in [3.8, 4) is 0 Å². The van der Waals surface area contributed by atoms with E-state index in [0.29, 0.717) is 11.1 Å². The topological polar surface area (TPSA) is 93.0 Å². The molecule has 0 atom stereocenters. The first kappa shape index (κ1) is 28.8. The number of hydrogen-bond acceptors (Lipinski definition) is 6. The smallest absolute Gasteiger partial charge is 0.199 e. The van der Waals surface area contributed by atoms with Crippen molar-refractivity contribution in [3.05, 3.63) is 129 Å². The lowest BCUT2D eigenvalue weighted by molar-refractivity contribution is 0.596. The Balaban J connectivity index is 1.74. The first-order valence-corrected chi connectivity index (χ1v) is 17.4. The minimum Gasteiger partial charge on any atom is -0.199 e. The third-order valence-corrected chi connectivity index (χ3v) is 11.0. The van der Waals surface area contributed by atoms with Crippen LogP contribution in [0.1, 0.15) is 11.1 Å². The Morgan fingerprint density at radius 2 is 0.816 bits per heavy atom. The highest BCUT2D eigenvalue weighted by Crippen LogP contribution is 2.33. The van der Waals surface area contributed by atoms with E-state index in [1.165, 1.54) is 24.3 Å². The van der Waals surface area contributed by atoms with Gasteiger partial charge in [0.05, 0.1) is 9.79 Å². The largest absolute Gasteiger partial charge is 0.283 e. The van der Waals surface area contributed by atoms with Crippen LogP contribution in [0.4, 0.5) is 0 Å². The second kappa shape index (κ2) is 12.8. The minimum absolute atomic E-state index is 0.0366.